The molecule has 0 saturated heterocycles. The van der Waals surface area contributed by atoms with Crippen LogP contribution in [0.1, 0.15) is 52.8 Å². The number of amides is 1. The number of aromatic nitrogens is 5. The van der Waals surface area contributed by atoms with Crippen LogP contribution in [0.2, 0.25) is 5.02 Å². The third kappa shape index (κ3) is 3.68. The van der Waals surface area contributed by atoms with E-state index >= 15 is 0 Å². The maximum absolute atomic E-state index is 13.0. The highest BCUT2D eigenvalue weighted by molar-refractivity contribution is 6.35. The van der Waals surface area contributed by atoms with Gasteiger partial charge in [0.25, 0.3) is 5.91 Å². The minimum atomic E-state index is -4.50. The van der Waals surface area contributed by atoms with Crippen molar-refractivity contribution in [3.8, 4) is 0 Å². The standard InChI is InChI=1S/C21H18ClF3N6O/c22-14-9-12(21(23,24)25)10-15-17(14)28-16(27-15)6-7-26-20(32)13-5-2-8-31-18(11-3-1-4-11)29-30-19(13)31/h2,5,8-11H,1,3-4,6-7H2,(H,26,32)(H,27,28). The van der Waals surface area contributed by atoms with Crippen molar-refractivity contribution in [1.82, 2.24) is 29.9 Å². The number of carbonyl (C=O) groups is 1. The van der Waals surface area contributed by atoms with E-state index < -0.39 is 11.7 Å². The monoisotopic (exact) mass is 462 g/mol. The molecule has 0 unspecified atom stereocenters. The predicted molar refractivity (Wildman–Crippen MR) is 112 cm³/mol. The topological polar surface area (TPSA) is 88.0 Å². The minimum Gasteiger partial charge on any atom is -0.351 e. The normalized spacial score (nSPS) is 14.8. The number of nitrogens with zero attached hydrogens (tertiary/aromatic N) is 4. The number of alkyl halides is 3. The van der Waals surface area contributed by atoms with Crippen LogP contribution in [0.3, 0.4) is 0 Å². The van der Waals surface area contributed by atoms with Gasteiger partial charge in [0.05, 0.1) is 21.7 Å². The predicted octanol–water partition coefficient (Wildman–Crippen LogP) is 4.52. The summed E-state index contributed by atoms with van der Waals surface area (Å²) in [7, 11) is 0. The van der Waals surface area contributed by atoms with E-state index in [9.17, 15) is 18.0 Å². The van der Waals surface area contributed by atoms with Crippen molar-refractivity contribution in [2.45, 2.75) is 37.8 Å². The van der Waals surface area contributed by atoms with Crippen LogP contribution in [-0.2, 0) is 12.6 Å². The fraction of sp³-hybridized carbons (Fsp3) is 0.333. The molecule has 11 heteroatoms. The molecule has 3 aromatic heterocycles. The Morgan fingerprint density at radius 2 is 2.09 bits per heavy atom. The summed E-state index contributed by atoms with van der Waals surface area (Å²) in [5, 5.41) is 11.2. The average Bonchev–Trinajstić information content (AvgIpc) is 3.30. The number of benzene rings is 1. The van der Waals surface area contributed by atoms with Crippen LogP contribution in [-0.4, -0.2) is 37.0 Å². The zero-order valence-electron chi connectivity index (χ0n) is 16.7. The number of aromatic amines is 1. The number of hydrogen-bond donors (Lipinski definition) is 2. The fourth-order valence-electron chi connectivity index (χ4n) is 3.85. The van der Waals surface area contributed by atoms with Gasteiger partial charge in [-0.2, -0.15) is 13.2 Å². The molecule has 0 spiro atoms. The van der Waals surface area contributed by atoms with E-state index in [0.717, 1.165) is 30.8 Å². The molecule has 166 valence electrons. The molecule has 7 nitrogen and oxygen atoms in total. The first-order chi connectivity index (χ1) is 15.3. The number of hydrogen-bond acceptors (Lipinski definition) is 4. The Morgan fingerprint density at radius 1 is 1.28 bits per heavy atom. The van der Waals surface area contributed by atoms with Crippen molar-refractivity contribution in [2.75, 3.05) is 6.54 Å². The summed E-state index contributed by atoms with van der Waals surface area (Å²) in [6.45, 7) is 0.229. The van der Waals surface area contributed by atoms with E-state index in [4.69, 9.17) is 11.6 Å². The van der Waals surface area contributed by atoms with Crippen LogP contribution in [0.15, 0.2) is 30.5 Å². The summed E-state index contributed by atoms with van der Waals surface area (Å²) >= 11 is 5.97. The van der Waals surface area contributed by atoms with Crippen molar-refractivity contribution in [2.24, 2.45) is 0 Å². The molecule has 0 bridgehead atoms. The Bertz CT molecular complexity index is 1320. The van der Waals surface area contributed by atoms with Crippen LogP contribution in [0, 0.1) is 0 Å². The first kappa shape index (κ1) is 20.7. The molecule has 1 fully saturated rings. The maximum atomic E-state index is 13.0. The first-order valence-electron chi connectivity index (χ1n) is 10.2. The summed E-state index contributed by atoms with van der Waals surface area (Å²) in [5.41, 5.74) is 0.525. The van der Waals surface area contributed by atoms with E-state index in [2.05, 4.69) is 25.5 Å². The van der Waals surface area contributed by atoms with Gasteiger partial charge in [-0.25, -0.2) is 4.98 Å². The Balaban J connectivity index is 1.29. The molecule has 1 saturated carbocycles. The second kappa shape index (κ2) is 7.77. The van der Waals surface area contributed by atoms with Gasteiger partial charge < -0.3 is 10.3 Å². The summed E-state index contributed by atoms with van der Waals surface area (Å²) in [4.78, 5) is 19.8. The SMILES string of the molecule is O=C(NCCc1nc2c(Cl)cc(C(F)(F)F)cc2[nH]1)c1cccn2c(C3CCC3)nnc12. The second-order valence-corrected chi connectivity index (χ2v) is 8.25. The molecule has 2 N–H and O–H groups in total. The summed E-state index contributed by atoms with van der Waals surface area (Å²) < 4.78 is 40.8. The van der Waals surface area contributed by atoms with Crippen LogP contribution in [0.25, 0.3) is 16.7 Å². The minimum absolute atomic E-state index is 0.0814. The quantitative estimate of drug-likeness (QED) is 0.456. The number of halogens is 4. The number of rotatable bonds is 5. The highest BCUT2D eigenvalue weighted by Gasteiger charge is 2.32. The third-order valence-corrected chi connectivity index (χ3v) is 6.03. The van der Waals surface area contributed by atoms with Crippen molar-refractivity contribution in [3.05, 3.63) is 58.3 Å². The molecule has 1 aliphatic rings. The van der Waals surface area contributed by atoms with E-state index in [1.165, 1.54) is 6.42 Å². The van der Waals surface area contributed by atoms with Gasteiger partial charge >= 0.3 is 6.18 Å². The maximum Gasteiger partial charge on any atom is 0.416 e. The van der Waals surface area contributed by atoms with Gasteiger partial charge in [-0.1, -0.05) is 18.0 Å². The largest absolute Gasteiger partial charge is 0.416 e. The van der Waals surface area contributed by atoms with Crippen molar-refractivity contribution >= 4 is 34.2 Å². The van der Waals surface area contributed by atoms with E-state index in [1.54, 1.807) is 12.1 Å². The zero-order chi connectivity index (χ0) is 22.5. The van der Waals surface area contributed by atoms with E-state index in [-0.39, 0.29) is 28.5 Å². The Morgan fingerprint density at radius 3 is 2.81 bits per heavy atom. The lowest BCUT2D eigenvalue weighted by Gasteiger charge is -2.23. The molecule has 5 rings (SSSR count). The number of carbonyl (C=O) groups excluding carboxylic acids is 1. The molecule has 1 aromatic carbocycles. The highest BCUT2D eigenvalue weighted by atomic mass is 35.5. The summed E-state index contributed by atoms with van der Waals surface area (Å²) in [5.74, 6) is 1.37. The average molecular weight is 463 g/mol. The van der Waals surface area contributed by atoms with Crippen LogP contribution in [0.5, 0.6) is 0 Å². The molecule has 1 aliphatic carbocycles. The Labute approximate surface area is 185 Å². The number of nitrogens with one attached hydrogen (secondary N) is 2. The number of fused-ring (bicyclic) bond motifs is 2. The number of H-pyrrole nitrogens is 1. The molecule has 4 aromatic rings. The van der Waals surface area contributed by atoms with Crippen molar-refractivity contribution in [3.63, 3.8) is 0 Å². The molecule has 0 aliphatic heterocycles. The lowest BCUT2D eigenvalue weighted by atomic mass is 9.85. The number of imidazole rings is 1. The third-order valence-electron chi connectivity index (χ3n) is 5.74. The summed E-state index contributed by atoms with van der Waals surface area (Å²) in [6, 6.07) is 5.30. The Hall–Kier alpha value is -3.14. The molecule has 32 heavy (non-hydrogen) atoms. The van der Waals surface area contributed by atoms with Gasteiger partial charge in [0.15, 0.2) is 5.65 Å². The molecule has 0 atom stereocenters. The molecular formula is C21H18ClF3N6O. The van der Waals surface area contributed by atoms with Crippen molar-refractivity contribution in [1.29, 1.82) is 0 Å². The van der Waals surface area contributed by atoms with E-state index in [1.807, 2.05) is 10.6 Å². The van der Waals surface area contributed by atoms with Gasteiger partial charge in [0.1, 0.15) is 17.2 Å². The first-order valence-corrected chi connectivity index (χ1v) is 10.6. The number of pyridine rings is 1. The molecule has 1 amide bonds. The molecular weight excluding hydrogens is 445 g/mol. The summed E-state index contributed by atoms with van der Waals surface area (Å²) in [6.07, 6.45) is 0.962. The lowest BCUT2D eigenvalue weighted by molar-refractivity contribution is -0.137. The lowest BCUT2D eigenvalue weighted by Crippen LogP contribution is -2.26. The van der Waals surface area contributed by atoms with Crippen LogP contribution >= 0.6 is 11.6 Å². The smallest absolute Gasteiger partial charge is 0.351 e. The van der Waals surface area contributed by atoms with Gasteiger partial charge in [0, 0.05) is 25.1 Å². The molecule has 3 heterocycles. The van der Waals surface area contributed by atoms with Crippen LogP contribution in [0.4, 0.5) is 13.2 Å². The van der Waals surface area contributed by atoms with Crippen molar-refractivity contribution < 1.29 is 18.0 Å². The van der Waals surface area contributed by atoms with Gasteiger partial charge in [-0.05, 0) is 37.1 Å². The Kier molecular flexibility index (Phi) is 5.04. The van der Waals surface area contributed by atoms with Crippen LogP contribution < -0.4 is 5.32 Å². The van der Waals surface area contributed by atoms with Gasteiger partial charge in [-0.15, -0.1) is 10.2 Å². The van der Waals surface area contributed by atoms with Gasteiger partial charge in [-0.3, -0.25) is 9.20 Å². The molecule has 0 radical (unpaired) electrons. The van der Waals surface area contributed by atoms with E-state index in [0.29, 0.717) is 29.4 Å². The van der Waals surface area contributed by atoms with Gasteiger partial charge in [0.2, 0.25) is 0 Å². The fourth-order valence-corrected chi connectivity index (χ4v) is 4.12. The second-order valence-electron chi connectivity index (χ2n) is 7.84. The zero-order valence-corrected chi connectivity index (χ0v) is 17.5. The highest BCUT2D eigenvalue weighted by Crippen LogP contribution is 2.36.